The van der Waals surface area contributed by atoms with E-state index in [-0.39, 0.29) is 11.0 Å². The van der Waals surface area contributed by atoms with Gasteiger partial charge in [-0.2, -0.15) is 0 Å². The molecule has 1 N–H and O–H groups in total. The summed E-state index contributed by atoms with van der Waals surface area (Å²) in [5, 5.41) is 3.48. The molecule has 1 aliphatic heterocycles. The molecular formula is C21H28N2O2. The Kier molecular flexibility index (Phi) is 5.83. The molecule has 0 bridgehead atoms. The molecule has 0 atom stereocenters. The summed E-state index contributed by atoms with van der Waals surface area (Å²) in [6, 6.07) is 12.7. The van der Waals surface area contributed by atoms with Crippen LogP contribution in [0.1, 0.15) is 51.4 Å². The fourth-order valence-electron chi connectivity index (χ4n) is 2.64. The minimum absolute atomic E-state index is 0.202. The van der Waals surface area contributed by atoms with Gasteiger partial charge < -0.3 is 10.1 Å². The minimum Gasteiger partial charge on any atom is -0.462 e. The summed E-state index contributed by atoms with van der Waals surface area (Å²) < 4.78 is 4.55. The van der Waals surface area contributed by atoms with Crippen LogP contribution in [0.25, 0.3) is 0 Å². The molecule has 4 nitrogen and oxygen atoms in total. The van der Waals surface area contributed by atoms with E-state index >= 15 is 0 Å². The number of ether oxygens (including phenoxy) is 1. The number of hydrogen-bond acceptors (Lipinski definition) is 4. The lowest BCUT2D eigenvalue weighted by molar-refractivity contribution is -0.138. The van der Waals surface area contributed by atoms with E-state index < -0.39 is 0 Å². The van der Waals surface area contributed by atoms with Crippen molar-refractivity contribution in [3.8, 4) is 0 Å². The van der Waals surface area contributed by atoms with Gasteiger partial charge in [0.1, 0.15) is 5.60 Å². The maximum absolute atomic E-state index is 9.60. The average molecular weight is 340 g/mol. The Morgan fingerprint density at radius 2 is 1.92 bits per heavy atom. The number of pyridine rings is 1. The SMILES string of the molecule is CC(C)(C)OC=O.CC1(C)CNc2cc(Cc3ccccc3)ncc21. The molecule has 134 valence electrons. The van der Waals surface area contributed by atoms with Crippen molar-refractivity contribution >= 4 is 12.2 Å². The van der Waals surface area contributed by atoms with E-state index in [9.17, 15) is 4.79 Å². The van der Waals surface area contributed by atoms with E-state index in [0.717, 1.165) is 18.7 Å². The largest absolute Gasteiger partial charge is 0.462 e. The molecule has 0 saturated carbocycles. The predicted molar refractivity (Wildman–Crippen MR) is 102 cm³/mol. The first kappa shape index (κ1) is 19.0. The highest BCUT2D eigenvalue weighted by atomic mass is 16.5. The van der Waals surface area contributed by atoms with Gasteiger partial charge in [0, 0.05) is 41.5 Å². The zero-order valence-corrected chi connectivity index (χ0v) is 15.8. The molecule has 0 fully saturated rings. The first-order valence-electron chi connectivity index (χ1n) is 8.60. The Morgan fingerprint density at radius 3 is 2.48 bits per heavy atom. The van der Waals surface area contributed by atoms with E-state index in [1.807, 2.05) is 33.0 Å². The third-order valence-corrected chi connectivity index (χ3v) is 4.04. The number of carbonyl (C=O) groups excluding carboxylic acids is 1. The molecule has 4 heteroatoms. The van der Waals surface area contributed by atoms with Crippen molar-refractivity contribution in [3.63, 3.8) is 0 Å². The molecule has 0 unspecified atom stereocenters. The standard InChI is InChI=1S/C16H18N2.C5H10O2/c1-16(2)11-18-15-9-13(17-10-14(15)16)8-12-6-4-3-5-7-12;1-5(2,3)7-4-6/h3-7,9-10,18H,8,11H2,1-2H3;4H,1-3H3. The minimum atomic E-state index is -0.318. The zero-order valence-electron chi connectivity index (χ0n) is 15.8. The zero-order chi connectivity index (χ0) is 18.5. The second kappa shape index (κ2) is 7.68. The number of benzene rings is 1. The molecule has 1 aliphatic rings. The highest BCUT2D eigenvalue weighted by Crippen LogP contribution is 2.35. The summed E-state index contributed by atoms with van der Waals surface area (Å²) in [5.74, 6) is 0. The summed E-state index contributed by atoms with van der Waals surface area (Å²) in [4.78, 5) is 14.2. The highest BCUT2D eigenvalue weighted by Gasteiger charge is 2.29. The van der Waals surface area contributed by atoms with Gasteiger partial charge in [-0.05, 0) is 32.4 Å². The summed E-state index contributed by atoms with van der Waals surface area (Å²) in [6.45, 7) is 11.4. The van der Waals surface area contributed by atoms with Crippen LogP contribution in [0.15, 0.2) is 42.6 Å². The van der Waals surface area contributed by atoms with Gasteiger partial charge in [0.2, 0.25) is 0 Å². The van der Waals surface area contributed by atoms with Gasteiger partial charge in [-0.1, -0.05) is 44.2 Å². The summed E-state index contributed by atoms with van der Waals surface area (Å²) in [6.07, 6.45) is 2.93. The molecule has 1 aromatic heterocycles. The van der Waals surface area contributed by atoms with Crippen molar-refractivity contribution < 1.29 is 9.53 Å². The Hall–Kier alpha value is -2.36. The second-order valence-corrected chi connectivity index (χ2v) is 7.95. The van der Waals surface area contributed by atoms with Crippen LogP contribution in [0.5, 0.6) is 0 Å². The Labute approximate surface area is 150 Å². The summed E-state index contributed by atoms with van der Waals surface area (Å²) >= 11 is 0. The van der Waals surface area contributed by atoms with Crippen molar-refractivity contribution in [2.24, 2.45) is 0 Å². The lowest BCUT2D eigenvalue weighted by Crippen LogP contribution is -2.19. The highest BCUT2D eigenvalue weighted by molar-refractivity contribution is 5.59. The molecule has 0 spiro atoms. The number of carbonyl (C=O) groups is 1. The summed E-state index contributed by atoms with van der Waals surface area (Å²) in [7, 11) is 0. The molecule has 2 heterocycles. The van der Waals surface area contributed by atoms with Crippen molar-refractivity contribution in [1.29, 1.82) is 0 Å². The number of anilines is 1. The van der Waals surface area contributed by atoms with Gasteiger partial charge in [-0.15, -0.1) is 0 Å². The fourth-order valence-corrected chi connectivity index (χ4v) is 2.64. The van der Waals surface area contributed by atoms with E-state index in [4.69, 9.17) is 0 Å². The molecular weight excluding hydrogens is 312 g/mol. The molecule has 0 radical (unpaired) electrons. The van der Waals surface area contributed by atoms with Crippen LogP contribution in [0, 0.1) is 0 Å². The van der Waals surface area contributed by atoms with Crippen LogP contribution in [-0.4, -0.2) is 23.6 Å². The normalized spacial score (nSPS) is 14.6. The monoisotopic (exact) mass is 340 g/mol. The molecule has 0 saturated heterocycles. The topological polar surface area (TPSA) is 51.2 Å². The van der Waals surface area contributed by atoms with Crippen molar-refractivity contribution in [2.45, 2.75) is 52.1 Å². The predicted octanol–water partition coefficient (Wildman–Crippen LogP) is 4.33. The number of fused-ring (bicyclic) bond motifs is 1. The number of nitrogens with zero attached hydrogens (tertiary/aromatic N) is 1. The smallest absolute Gasteiger partial charge is 0.293 e. The third-order valence-electron chi connectivity index (χ3n) is 4.04. The maximum atomic E-state index is 9.60. The molecule has 25 heavy (non-hydrogen) atoms. The molecule has 2 aromatic rings. The maximum Gasteiger partial charge on any atom is 0.293 e. The average Bonchev–Trinajstić information content (AvgIpc) is 2.83. The Balaban J connectivity index is 0.000000277. The van der Waals surface area contributed by atoms with Gasteiger partial charge in [-0.3, -0.25) is 9.78 Å². The lowest BCUT2D eigenvalue weighted by atomic mass is 9.88. The van der Waals surface area contributed by atoms with Gasteiger partial charge in [0.25, 0.3) is 6.47 Å². The van der Waals surface area contributed by atoms with Crippen LogP contribution in [0.4, 0.5) is 5.69 Å². The van der Waals surface area contributed by atoms with Gasteiger partial charge in [0.15, 0.2) is 0 Å². The Morgan fingerprint density at radius 1 is 1.24 bits per heavy atom. The number of hydrogen-bond donors (Lipinski definition) is 1. The van der Waals surface area contributed by atoms with Crippen LogP contribution in [-0.2, 0) is 21.4 Å². The van der Waals surface area contributed by atoms with E-state index in [1.165, 1.54) is 16.8 Å². The molecule has 0 amide bonds. The van der Waals surface area contributed by atoms with Crippen molar-refractivity contribution in [2.75, 3.05) is 11.9 Å². The molecule has 3 rings (SSSR count). The fraction of sp³-hybridized carbons (Fsp3) is 0.429. The van der Waals surface area contributed by atoms with E-state index in [0.29, 0.717) is 6.47 Å². The first-order valence-corrected chi connectivity index (χ1v) is 8.60. The Bertz CT molecular complexity index is 704. The van der Waals surface area contributed by atoms with Crippen LogP contribution in [0.2, 0.25) is 0 Å². The third kappa shape index (κ3) is 5.59. The number of nitrogens with one attached hydrogen (secondary N) is 1. The molecule has 0 aliphatic carbocycles. The van der Waals surface area contributed by atoms with Gasteiger partial charge >= 0.3 is 0 Å². The van der Waals surface area contributed by atoms with Gasteiger partial charge in [0.05, 0.1) is 0 Å². The lowest BCUT2D eigenvalue weighted by Gasteiger charge is -2.16. The van der Waals surface area contributed by atoms with Gasteiger partial charge in [-0.25, -0.2) is 0 Å². The van der Waals surface area contributed by atoms with E-state index in [2.05, 4.69) is 59.2 Å². The quantitative estimate of drug-likeness (QED) is 0.845. The van der Waals surface area contributed by atoms with Crippen LogP contribution < -0.4 is 5.32 Å². The van der Waals surface area contributed by atoms with Crippen molar-refractivity contribution in [3.05, 3.63) is 59.4 Å². The van der Waals surface area contributed by atoms with Crippen molar-refractivity contribution in [1.82, 2.24) is 4.98 Å². The van der Waals surface area contributed by atoms with E-state index in [1.54, 1.807) is 0 Å². The summed E-state index contributed by atoms with van der Waals surface area (Å²) in [5.41, 5.74) is 4.91. The molecule has 1 aromatic carbocycles. The number of aromatic nitrogens is 1. The second-order valence-electron chi connectivity index (χ2n) is 7.95. The first-order chi connectivity index (χ1) is 11.7. The number of rotatable bonds is 3. The van der Waals surface area contributed by atoms with Crippen LogP contribution >= 0.6 is 0 Å². The van der Waals surface area contributed by atoms with Crippen LogP contribution in [0.3, 0.4) is 0 Å².